The molecule has 0 atom stereocenters. The summed E-state index contributed by atoms with van der Waals surface area (Å²) in [6, 6.07) is 0. The molecule has 0 rings (SSSR count). The predicted molar refractivity (Wildman–Crippen MR) is 69.2 cm³/mol. The molecule has 0 fully saturated rings. The highest BCUT2D eigenvalue weighted by Crippen LogP contribution is 2.26. The van der Waals surface area contributed by atoms with Gasteiger partial charge in [-0.15, -0.1) is 0 Å². The average molecular weight is 217 g/mol. The van der Waals surface area contributed by atoms with Crippen LogP contribution >= 0.6 is 11.8 Å². The fourth-order valence-corrected chi connectivity index (χ4v) is 2.33. The molecule has 0 unspecified atom stereocenters. The number of rotatable bonds is 9. The molecule has 14 heavy (non-hydrogen) atoms. The van der Waals surface area contributed by atoms with Crippen molar-refractivity contribution in [1.29, 1.82) is 0 Å². The van der Waals surface area contributed by atoms with Gasteiger partial charge in [0.25, 0.3) is 0 Å². The molecule has 0 heterocycles. The minimum atomic E-state index is 0.517. The van der Waals surface area contributed by atoms with Crippen LogP contribution in [0.1, 0.15) is 47.0 Å². The Morgan fingerprint density at radius 3 is 2.36 bits per heavy atom. The Morgan fingerprint density at radius 2 is 1.79 bits per heavy atom. The minimum Gasteiger partial charge on any atom is -0.317 e. The lowest BCUT2D eigenvalue weighted by molar-refractivity contribution is 0.318. The third-order valence-electron chi connectivity index (χ3n) is 2.53. The van der Waals surface area contributed by atoms with Crippen LogP contribution in [0.4, 0.5) is 0 Å². The van der Waals surface area contributed by atoms with Gasteiger partial charge in [-0.1, -0.05) is 27.7 Å². The fraction of sp³-hybridized carbons (Fsp3) is 1.00. The SMILES string of the molecule is CCCNCCC(C)(C)CCSCC. The molecule has 2 heteroatoms. The molecule has 0 aromatic carbocycles. The standard InChI is InChI=1S/C12H27NS/c1-5-9-13-10-7-12(3,4)8-11-14-6-2/h13H,5-11H2,1-4H3. The van der Waals surface area contributed by atoms with Crippen LogP contribution < -0.4 is 5.32 Å². The molecule has 0 amide bonds. The molecule has 0 radical (unpaired) electrons. The van der Waals surface area contributed by atoms with Gasteiger partial charge in [0.2, 0.25) is 0 Å². The largest absolute Gasteiger partial charge is 0.317 e. The van der Waals surface area contributed by atoms with Gasteiger partial charge in [0.05, 0.1) is 0 Å². The van der Waals surface area contributed by atoms with Gasteiger partial charge in [-0.2, -0.15) is 11.8 Å². The molecular formula is C12H27NS. The highest BCUT2D eigenvalue weighted by atomic mass is 32.2. The molecule has 0 aromatic heterocycles. The highest BCUT2D eigenvalue weighted by Gasteiger charge is 2.16. The van der Waals surface area contributed by atoms with Crippen LogP contribution in [0.15, 0.2) is 0 Å². The van der Waals surface area contributed by atoms with Gasteiger partial charge in [0, 0.05) is 0 Å². The summed E-state index contributed by atoms with van der Waals surface area (Å²) >= 11 is 2.06. The molecule has 0 aliphatic heterocycles. The zero-order chi connectivity index (χ0) is 10.9. The topological polar surface area (TPSA) is 12.0 Å². The smallest absolute Gasteiger partial charge is 0.00438 e. The van der Waals surface area contributed by atoms with E-state index in [4.69, 9.17) is 0 Å². The van der Waals surface area contributed by atoms with Crippen molar-refractivity contribution < 1.29 is 0 Å². The van der Waals surface area contributed by atoms with E-state index < -0.39 is 0 Å². The van der Waals surface area contributed by atoms with Gasteiger partial charge in [-0.3, -0.25) is 0 Å². The lowest BCUT2D eigenvalue weighted by Crippen LogP contribution is -2.23. The van der Waals surface area contributed by atoms with Crippen molar-refractivity contribution >= 4 is 11.8 Å². The van der Waals surface area contributed by atoms with Crippen molar-refractivity contribution in [2.45, 2.75) is 47.0 Å². The summed E-state index contributed by atoms with van der Waals surface area (Å²) in [4.78, 5) is 0. The van der Waals surface area contributed by atoms with E-state index in [1.165, 1.54) is 43.9 Å². The third kappa shape index (κ3) is 8.89. The summed E-state index contributed by atoms with van der Waals surface area (Å²) < 4.78 is 0. The van der Waals surface area contributed by atoms with E-state index in [0.717, 1.165) is 0 Å². The zero-order valence-electron chi connectivity index (χ0n) is 10.4. The first-order valence-corrected chi connectivity index (χ1v) is 7.06. The maximum Gasteiger partial charge on any atom is -0.00438 e. The van der Waals surface area contributed by atoms with Crippen LogP contribution in [-0.4, -0.2) is 24.6 Å². The van der Waals surface area contributed by atoms with Gasteiger partial charge >= 0.3 is 0 Å². The number of hydrogen-bond acceptors (Lipinski definition) is 2. The summed E-state index contributed by atoms with van der Waals surface area (Å²) in [7, 11) is 0. The van der Waals surface area contributed by atoms with Crippen molar-refractivity contribution in [1.82, 2.24) is 5.32 Å². The Kier molecular flexibility index (Phi) is 8.80. The lowest BCUT2D eigenvalue weighted by Gasteiger charge is -2.24. The Hall–Kier alpha value is 0.310. The fourth-order valence-electron chi connectivity index (χ4n) is 1.35. The minimum absolute atomic E-state index is 0.517. The Labute approximate surface area is 94.4 Å². The maximum absolute atomic E-state index is 3.47. The number of nitrogens with one attached hydrogen (secondary N) is 1. The van der Waals surface area contributed by atoms with Crippen LogP contribution in [0.3, 0.4) is 0 Å². The second kappa shape index (κ2) is 8.60. The second-order valence-electron chi connectivity index (χ2n) is 4.61. The van der Waals surface area contributed by atoms with Crippen molar-refractivity contribution in [3.05, 3.63) is 0 Å². The normalized spacial score (nSPS) is 12.0. The van der Waals surface area contributed by atoms with Gasteiger partial charge in [-0.05, 0) is 49.3 Å². The van der Waals surface area contributed by atoms with Crippen molar-refractivity contribution in [3.63, 3.8) is 0 Å². The van der Waals surface area contributed by atoms with E-state index in [1.54, 1.807) is 0 Å². The van der Waals surface area contributed by atoms with E-state index in [9.17, 15) is 0 Å². The molecule has 0 bridgehead atoms. The second-order valence-corrected chi connectivity index (χ2v) is 6.00. The van der Waals surface area contributed by atoms with E-state index in [1.807, 2.05) is 0 Å². The van der Waals surface area contributed by atoms with Crippen LogP contribution in [0.25, 0.3) is 0 Å². The van der Waals surface area contributed by atoms with Crippen molar-refractivity contribution in [2.75, 3.05) is 24.6 Å². The first-order chi connectivity index (χ1) is 6.62. The van der Waals surface area contributed by atoms with E-state index >= 15 is 0 Å². The van der Waals surface area contributed by atoms with Crippen LogP contribution in [0, 0.1) is 5.41 Å². The Morgan fingerprint density at radius 1 is 1.07 bits per heavy atom. The van der Waals surface area contributed by atoms with Gasteiger partial charge in [0.1, 0.15) is 0 Å². The molecular weight excluding hydrogens is 190 g/mol. The summed E-state index contributed by atoms with van der Waals surface area (Å²) in [5.41, 5.74) is 0.517. The Bertz CT molecular complexity index is 123. The van der Waals surface area contributed by atoms with Gasteiger partial charge in [0.15, 0.2) is 0 Å². The van der Waals surface area contributed by atoms with E-state index in [2.05, 4.69) is 44.8 Å². The van der Waals surface area contributed by atoms with E-state index in [-0.39, 0.29) is 0 Å². The van der Waals surface area contributed by atoms with Crippen LogP contribution in [-0.2, 0) is 0 Å². The number of thioether (sulfide) groups is 1. The summed E-state index contributed by atoms with van der Waals surface area (Å²) in [5, 5.41) is 3.47. The molecule has 0 aliphatic carbocycles. The molecule has 86 valence electrons. The molecule has 1 nitrogen and oxygen atoms in total. The summed E-state index contributed by atoms with van der Waals surface area (Å²) in [5.74, 6) is 2.57. The first-order valence-electron chi connectivity index (χ1n) is 5.91. The average Bonchev–Trinajstić information content (AvgIpc) is 2.13. The molecule has 0 saturated carbocycles. The monoisotopic (exact) mass is 217 g/mol. The lowest BCUT2D eigenvalue weighted by atomic mass is 9.86. The summed E-state index contributed by atoms with van der Waals surface area (Å²) in [6.07, 6.45) is 3.89. The third-order valence-corrected chi connectivity index (χ3v) is 3.43. The van der Waals surface area contributed by atoms with Crippen molar-refractivity contribution in [2.24, 2.45) is 5.41 Å². The molecule has 0 aliphatic rings. The van der Waals surface area contributed by atoms with Crippen LogP contribution in [0.2, 0.25) is 0 Å². The summed E-state index contributed by atoms with van der Waals surface area (Å²) in [6.45, 7) is 11.6. The predicted octanol–water partition coefficient (Wildman–Crippen LogP) is 3.55. The van der Waals surface area contributed by atoms with Crippen LogP contribution in [0.5, 0.6) is 0 Å². The first kappa shape index (κ1) is 14.3. The maximum atomic E-state index is 3.47. The van der Waals surface area contributed by atoms with Crippen molar-refractivity contribution in [3.8, 4) is 0 Å². The Balaban J connectivity index is 3.40. The van der Waals surface area contributed by atoms with Gasteiger partial charge in [-0.25, -0.2) is 0 Å². The highest BCUT2D eigenvalue weighted by molar-refractivity contribution is 7.99. The molecule has 0 spiro atoms. The zero-order valence-corrected chi connectivity index (χ0v) is 11.2. The van der Waals surface area contributed by atoms with Gasteiger partial charge < -0.3 is 5.32 Å². The molecule has 0 saturated heterocycles. The molecule has 0 aromatic rings. The molecule has 1 N–H and O–H groups in total. The quantitative estimate of drug-likeness (QED) is 0.593. The van der Waals surface area contributed by atoms with E-state index in [0.29, 0.717) is 5.41 Å². The number of hydrogen-bond donors (Lipinski definition) is 1.